The number of ether oxygens (including phenoxy) is 1. The monoisotopic (exact) mass is 1080 g/mol. The molecular formula is C62H68FN13O4. The number of hydrogen-bond acceptors (Lipinski definition) is 14. The minimum absolute atomic E-state index is 0.155. The van der Waals surface area contributed by atoms with Gasteiger partial charge in [0.05, 0.1) is 7.11 Å². The summed E-state index contributed by atoms with van der Waals surface area (Å²) in [5, 5.41) is 4.34. The van der Waals surface area contributed by atoms with Crippen molar-refractivity contribution in [2.24, 2.45) is 38.1 Å². The Morgan fingerprint density at radius 3 is 1.93 bits per heavy atom. The number of nitrogens with one attached hydrogen (secondary N) is 1. The summed E-state index contributed by atoms with van der Waals surface area (Å²) in [6.07, 6.45) is 8.65. The van der Waals surface area contributed by atoms with Crippen molar-refractivity contribution < 1.29 is 23.6 Å². The Kier molecular flexibility index (Phi) is 16.8. The number of amides is 3. The number of guanidine groups is 3. The highest BCUT2D eigenvalue weighted by Crippen LogP contribution is 2.41. The molecule has 0 radical (unpaired) electrons. The highest BCUT2D eigenvalue weighted by molar-refractivity contribution is 6.09. The molecule has 4 aliphatic heterocycles. The third kappa shape index (κ3) is 12.2. The molecule has 17 nitrogen and oxygen atoms in total. The zero-order valence-corrected chi connectivity index (χ0v) is 45.7. The number of benzene rings is 5. The number of nitrogens with two attached hydrogens (primary N) is 3. The molecule has 7 aromatic rings. The molecule has 6 heterocycles. The van der Waals surface area contributed by atoms with E-state index in [1.54, 1.807) is 54.7 Å². The molecule has 80 heavy (non-hydrogen) atoms. The first-order chi connectivity index (χ1) is 38.6. The lowest BCUT2D eigenvalue weighted by Crippen LogP contribution is -2.49. The summed E-state index contributed by atoms with van der Waals surface area (Å²) in [6.45, 7) is 7.22. The van der Waals surface area contributed by atoms with Crippen molar-refractivity contribution in [1.29, 1.82) is 0 Å². The molecule has 7 N–H and O–H groups in total. The highest BCUT2D eigenvalue weighted by atomic mass is 19.1. The van der Waals surface area contributed by atoms with Gasteiger partial charge < -0.3 is 37.1 Å². The van der Waals surface area contributed by atoms with Gasteiger partial charge in [-0.2, -0.15) is 0 Å². The van der Waals surface area contributed by atoms with Gasteiger partial charge >= 0.3 is 6.03 Å². The van der Waals surface area contributed by atoms with E-state index < -0.39 is 11.1 Å². The lowest BCUT2D eigenvalue weighted by atomic mass is 9.82. The number of rotatable bonds is 11. The van der Waals surface area contributed by atoms with Gasteiger partial charge in [-0.25, -0.2) is 29.2 Å². The molecule has 18 heteroatoms. The Labute approximate surface area is 466 Å². The van der Waals surface area contributed by atoms with E-state index in [2.05, 4.69) is 68.6 Å². The van der Waals surface area contributed by atoms with E-state index in [9.17, 15) is 14.0 Å². The second-order valence-corrected chi connectivity index (χ2v) is 20.6. The van der Waals surface area contributed by atoms with E-state index in [0.717, 1.165) is 64.1 Å². The van der Waals surface area contributed by atoms with Gasteiger partial charge in [-0.05, 0) is 114 Å². The van der Waals surface area contributed by atoms with Crippen LogP contribution < -0.4 is 27.3 Å². The van der Waals surface area contributed by atoms with Gasteiger partial charge in [0, 0.05) is 77.2 Å². The molecule has 1 fully saturated rings. The molecule has 5 aromatic carbocycles. The summed E-state index contributed by atoms with van der Waals surface area (Å²) in [5.74, 6) is 1.67. The van der Waals surface area contributed by atoms with Crippen LogP contribution in [0.4, 0.5) is 9.18 Å². The van der Waals surface area contributed by atoms with Crippen LogP contribution in [0.3, 0.4) is 0 Å². The summed E-state index contributed by atoms with van der Waals surface area (Å²) >= 11 is 0. The molecular weight excluding hydrogens is 1010 g/mol. The number of nitrogens with zero attached hydrogens (tertiary/aromatic N) is 9. The SMILES string of the molecule is CN1CC(C)(c2cccc(-c3cccnc3)c2)N=C1N.COc1ccncc1-c1cccc(C2(C)CON(C)C(N)=N2)c1.NC1=NC(c2ccccc2)(c2ccccc2)C(=O)N1CC1CCN(C(=O)NCc2cccc(F)c2)CC1. The fourth-order valence-corrected chi connectivity index (χ4v) is 10.4. The lowest BCUT2D eigenvalue weighted by molar-refractivity contribution is -0.130. The van der Waals surface area contributed by atoms with Crippen LogP contribution in [0.25, 0.3) is 22.3 Å². The number of aromatic nitrogens is 2. The van der Waals surface area contributed by atoms with E-state index in [1.807, 2.05) is 116 Å². The third-order valence-electron chi connectivity index (χ3n) is 15.0. The van der Waals surface area contributed by atoms with Crippen LogP contribution in [0.2, 0.25) is 0 Å². The van der Waals surface area contributed by atoms with Crippen molar-refractivity contribution >= 4 is 29.8 Å². The molecule has 2 unspecified atom stereocenters. The highest BCUT2D eigenvalue weighted by Gasteiger charge is 2.51. The Bertz CT molecular complexity index is 3340. The lowest BCUT2D eigenvalue weighted by Gasteiger charge is -2.34. The van der Waals surface area contributed by atoms with Crippen molar-refractivity contribution in [3.05, 3.63) is 210 Å². The Hall–Kier alpha value is -9.16. The van der Waals surface area contributed by atoms with E-state index in [1.165, 1.54) is 22.8 Å². The van der Waals surface area contributed by atoms with Gasteiger partial charge in [0.2, 0.25) is 5.96 Å². The Morgan fingerprint density at radius 1 is 0.688 bits per heavy atom. The first kappa shape index (κ1) is 55.6. The molecule has 2 atom stereocenters. The number of likely N-dealkylation sites (tertiary alicyclic amines) is 1. The average Bonchev–Trinajstić information content (AvgIpc) is 3.96. The van der Waals surface area contributed by atoms with Crippen LogP contribution >= 0.6 is 0 Å². The van der Waals surface area contributed by atoms with Crippen molar-refractivity contribution in [2.75, 3.05) is 54.0 Å². The van der Waals surface area contributed by atoms with Crippen molar-refractivity contribution in [1.82, 2.24) is 35.0 Å². The van der Waals surface area contributed by atoms with Crippen molar-refractivity contribution in [3.8, 4) is 28.0 Å². The van der Waals surface area contributed by atoms with Gasteiger partial charge in [-0.1, -0.05) is 115 Å². The number of pyridine rings is 2. The molecule has 0 saturated carbocycles. The minimum Gasteiger partial charge on any atom is -0.496 e. The predicted molar refractivity (Wildman–Crippen MR) is 310 cm³/mol. The van der Waals surface area contributed by atoms with Crippen molar-refractivity contribution in [2.45, 2.75) is 49.9 Å². The van der Waals surface area contributed by atoms with Crippen molar-refractivity contribution in [3.63, 3.8) is 0 Å². The first-order valence-electron chi connectivity index (χ1n) is 26.5. The topological polar surface area (TPSA) is 219 Å². The fraction of sp³-hybridized carbons (Fsp3) is 0.274. The summed E-state index contributed by atoms with van der Waals surface area (Å²) in [6, 6.07) is 47.5. The summed E-state index contributed by atoms with van der Waals surface area (Å²) in [5.41, 5.74) is 24.9. The van der Waals surface area contributed by atoms with Gasteiger partial charge in [0.25, 0.3) is 5.91 Å². The number of carbonyl (C=O) groups is 2. The minimum atomic E-state index is -1.20. The Balaban J connectivity index is 0.000000155. The standard InChI is InChI=1S/C29H30FN5O2.C17H20N4O2.C16H18N4/c30-25-13-7-8-22(18-25)19-32-28(37)34-16-14-21(15-17-34)20-35-26(36)29(33-27(35)31,23-9-3-1-4-10-23)24-11-5-2-6-12-24;1-17(11-23-21(2)16(18)20-17)13-6-4-5-12(9-13)14-10-19-8-7-15(14)22-3;1-16(11-20(2)15(17)19-16)14-7-3-5-12(9-14)13-6-4-8-18-10-13/h1-13,18,21H,14-17,19-20H2,(H2,31,33)(H,32,37);4-10H,11H2,1-3H3,(H2,18,20);3-10H,11H2,1-2H3,(H2,17,19). The third-order valence-corrected chi connectivity index (χ3v) is 15.0. The number of halogens is 1. The zero-order valence-electron chi connectivity index (χ0n) is 45.7. The molecule has 0 aliphatic carbocycles. The van der Waals surface area contributed by atoms with Gasteiger partial charge in [-0.15, -0.1) is 0 Å². The summed E-state index contributed by atoms with van der Waals surface area (Å²) < 4.78 is 18.8. The van der Waals surface area contributed by atoms with E-state index in [-0.39, 0.29) is 41.7 Å². The van der Waals surface area contributed by atoms with E-state index in [4.69, 9.17) is 31.8 Å². The molecule has 412 valence electrons. The number of carbonyl (C=O) groups excluding carboxylic acids is 2. The maximum atomic E-state index is 14.0. The van der Waals surface area contributed by atoms with E-state index >= 15 is 0 Å². The first-order valence-corrected chi connectivity index (χ1v) is 26.5. The second-order valence-electron chi connectivity index (χ2n) is 20.6. The van der Waals surface area contributed by atoms with Gasteiger partial charge in [0.15, 0.2) is 17.5 Å². The van der Waals surface area contributed by atoms with Gasteiger partial charge in [0.1, 0.15) is 29.3 Å². The van der Waals surface area contributed by atoms with Crippen LogP contribution in [0.5, 0.6) is 5.75 Å². The number of piperidine rings is 1. The number of hydroxylamine groups is 2. The van der Waals surface area contributed by atoms with E-state index in [0.29, 0.717) is 43.7 Å². The zero-order chi connectivity index (χ0) is 56.4. The van der Waals surface area contributed by atoms with Crippen LogP contribution in [-0.4, -0.2) is 114 Å². The van der Waals surface area contributed by atoms with Crippen LogP contribution in [-0.2, 0) is 32.8 Å². The molecule has 1 saturated heterocycles. The predicted octanol–water partition coefficient (Wildman–Crippen LogP) is 8.24. The molecule has 4 aliphatic rings. The average molecular weight is 1080 g/mol. The Morgan fingerprint density at radius 2 is 1.30 bits per heavy atom. The molecule has 11 rings (SSSR count). The molecule has 2 aromatic heterocycles. The number of methoxy groups -OCH3 is 1. The largest absolute Gasteiger partial charge is 0.496 e. The quantitative estimate of drug-likeness (QED) is 0.0967. The number of urea groups is 1. The smallest absolute Gasteiger partial charge is 0.317 e. The summed E-state index contributed by atoms with van der Waals surface area (Å²) in [4.78, 5) is 59.9. The van der Waals surface area contributed by atoms with Gasteiger partial charge in [-0.3, -0.25) is 24.5 Å². The number of aliphatic imine (C=N–C) groups is 3. The molecule has 0 bridgehead atoms. The normalized spacial score (nSPS) is 19.6. The van der Waals surface area contributed by atoms with Crippen LogP contribution in [0, 0.1) is 11.7 Å². The second kappa shape index (κ2) is 24.2. The maximum absolute atomic E-state index is 14.0. The fourth-order valence-electron chi connectivity index (χ4n) is 10.4. The van der Waals surface area contributed by atoms with Crippen LogP contribution in [0.1, 0.15) is 54.5 Å². The van der Waals surface area contributed by atoms with Crippen LogP contribution in [0.15, 0.2) is 191 Å². The summed E-state index contributed by atoms with van der Waals surface area (Å²) in [7, 11) is 5.37. The number of hydrogen-bond donors (Lipinski definition) is 4. The molecule has 0 spiro atoms. The molecule has 3 amide bonds. The number of likely N-dealkylation sites (N-methyl/N-ethyl adjacent to an activating group) is 1. The maximum Gasteiger partial charge on any atom is 0.317 e.